The highest BCUT2D eigenvalue weighted by Crippen LogP contribution is 2.28. The van der Waals surface area contributed by atoms with Crippen LogP contribution in [0.1, 0.15) is 48.4 Å². The van der Waals surface area contributed by atoms with E-state index in [1.54, 1.807) is 0 Å². The van der Waals surface area contributed by atoms with Gasteiger partial charge in [-0.25, -0.2) is 8.42 Å². The van der Waals surface area contributed by atoms with E-state index in [9.17, 15) is 8.42 Å². The zero-order valence-corrected chi connectivity index (χ0v) is 13.5. The minimum Gasteiger partial charge on any atom is -0.312 e. The van der Waals surface area contributed by atoms with Gasteiger partial charge in [0.1, 0.15) is 0 Å². The molecule has 3 nitrogen and oxygen atoms in total. The molecular formula is C16H25NO2S. The third-order valence-electron chi connectivity index (χ3n) is 4.49. The highest BCUT2D eigenvalue weighted by Gasteiger charge is 2.31. The molecule has 0 heterocycles. The van der Waals surface area contributed by atoms with Crippen LogP contribution in [0.5, 0.6) is 0 Å². The summed E-state index contributed by atoms with van der Waals surface area (Å²) in [6.45, 7) is 4.14. The largest absolute Gasteiger partial charge is 0.312 e. The SMILES string of the molecule is CNC(CS(=O)(=O)C1CCCC1)c1ccc(C)c(C)c1. The maximum absolute atomic E-state index is 12.5. The molecule has 1 aromatic rings. The topological polar surface area (TPSA) is 46.2 Å². The zero-order chi connectivity index (χ0) is 14.8. The number of hydrogen-bond acceptors (Lipinski definition) is 3. The number of nitrogens with one attached hydrogen (secondary N) is 1. The first kappa shape index (κ1) is 15.5. The molecule has 1 saturated carbocycles. The monoisotopic (exact) mass is 295 g/mol. The molecular weight excluding hydrogens is 270 g/mol. The fourth-order valence-corrected chi connectivity index (χ4v) is 5.09. The van der Waals surface area contributed by atoms with Gasteiger partial charge in [0, 0.05) is 6.04 Å². The van der Waals surface area contributed by atoms with Crippen molar-refractivity contribution in [1.29, 1.82) is 0 Å². The summed E-state index contributed by atoms with van der Waals surface area (Å²) in [6.07, 6.45) is 3.78. The van der Waals surface area contributed by atoms with Crippen LogP contribution in [0, 0.1) is 13.8 Å². The fourth-order valence-electron chi connectivity index (χ4n) is 2.94. The maximum Gasteiger partial charge on any atom is 0.155 e. The van der Waals surface area contributed by atoms with Gasteiger partial charge in [0.15, 0.2) is 9.84 Å². The number of hydrogen-bond donors (Lipinski definition) is 1. The Hall–Kier alpha value is -0.870. The molecule has 1 aliphatic rings. The first-order valence-corrected chi connectivity index (χ1v) is 9.11. The molecule has 2 rings (SSSR count). The van der Waals surface area contributed by atoms with E-state index in [2.05, 4.69) is 31.3 Å². The summed E-state index contributed by atoms with van der Waals surface area (Å²) in [7, 11) is -1.17. The first-order chi connectivity index (χ1) is 9.44. The van der Waals surface area contributed by atoms with Gasteiger partial charge in [-0.15, -0.1) is 0 Å². The molecule has 0 aromatic heterocycles. The Labute approximate surface area is 122 Å². The van der Waals surface area contributed by atoms with Gasteiger partial charge >= 0.3 is 0 Å². The maximum atomic E-state index is 12.5. The summed E-state index contributed by atoms with van der Waals surface area (Å²) in [5.74, 6) is 0.205. The lowest BCUT2D eigenvalue weighted by Crippen LogP contribution is -2.30. The highest BCUT2D eigenvalue weighted by molar-refractivity contribution is 7.92. The Kier molecular flexibility index (Phi) is 4.86. The van der Waals surface area contributed by atoms with Gasteiger partial charge in [-0.2, -0.15) is 0 Å². The van der Waals surface area contributed by atoms with E-state index in [-0.39, 0.29) is 17.0 Å². The molecule has 1 aliphatic carbocycles. The van der Waals surface area contributed by atoms with E-state index >= 15 is 0 Å². The van der Waals surface area contributed by atoms with E-state index in [0.717, 1.165) is 31.2 Å². The van der Waals surface area contributed by atoms with Crippen molar-refractivity contribution >= 4 is 9.84 Å². The standard InChI is InChI=1S/C16H25NO2S/c1-12-8-9-14(10-13(12)2)16(17-3)11-20(18,19)15-6-4-5-7-15/h8-10,15-17H,4-7,11H2,1-3H3. The molecule has 1 fully saturated rings. The molecule has 1 aromatic carbocycles. The molecule has 0 spiro atoms. The second-order valence-electron chi connectivity index (χ2n) is 5.92. The molecule has 0 aliphatic heterocycles. The lowest BCUT2D eigenvalue weighted by molar-refractivity contribution is 0.559. The smallest absolute Gasteiger partial charge is 0.155 e. The minimum absolute atomic E-state index is 0.111. The molecule has 1 unspecified atom stereocenters. The van der Waals surface area contributed by atoms with Gasteiger partial charge in [-0.1, -0.05) is 31.0 Å². The van der Waals surface area contributed by atoms with E-state index in [1.165, 1.54) is 11.1 Å². The van der Waals surface area contributed by atoms with Crippen molar-refractivity contribution in [3.8, 4) is 0 Å². The molecule has 0 amide bonds. The summed E-state index contributed by atoms with van der Waals surface area (Å²) < 4.78 is 25.0. The molecule has 20 heavy (non-hydrogen) atoms. The molecule has 0 bridgehead atoms. The van der Waals surface area contributed by atoms with Crippen LogP contribution >= 0.6 is 0 Å². The van der Waals surface area contributed by atoms with Crippen molar-refractivity contribution < 1.29 is 8.42 Å². The predicted octanol–water partition coefficient (Wildman–Crippen LogP) is 2.92. The quantitative estimate of drug-likeness (QED) is 0.908. The fraction of sp³-hybridized carbons (Fsp3) is 0.625. The van der Waals surface area contributed by atoms with Crippen LogP contribution in [0.2, 0.25) is 0 Å². The number of aryl methyl sites for hydroxylation is 2. The van der Waals surface area contributed by atoms with Gasteiger partial charge in [0.2, 0.25) is 0 Å². The Bertz CT molecular complexity index is 560. The van der Waals surface area contributed by atoms with Crippen molar-refractivity contribution in [3.05, 3.63) is 34.9 Å². The molecule has 0 saturated heterocycles. The van der Waals surface area contributed by atoms with Crippen molar-refractivity contribution in [3.63, 3.8) is 0 Å². The third-order valence-corrected chi connectivity index (χ3v) is 6.78. The van der Waals surface area contributed by atoms with Gasteiger partial charge in [0.25, 0.3) is 0 Å². The number of rotatable bonds is 5. The number of benzene rings is 1. The normalized spacial score (nSPS) is 18.4. The first-order valence-electron chi connectivity index (χ1n) is 7.40. The number of sulfone groups is 1. The van der Waals surface area contributed by atoms with Crippen molar-refractivity contribution in [2.45, 2.75) is 50.8 Å². The van der Waals surface area contributed by atoms with Crippen molar-refractivity contribution in [2.75, 3.05) is 12.8 Å². The average molecular weight is 295 g/mol. The van der Waals surface area contributed by atoms with Gasteiger partial charge < -0.3 is 5.32 Å². The van der Waals surface area contributed by atoms with Crippen molar-refractivity contribution in [2.24, 2.45) is 0 Å². The summed E-state index contributed by atoms with van der Waals surface area (Å²) in [6, 6.07) is 6.09. The van der Waals surface area contributed by atoms with E-state index in [4.69, 9.17) is 0 Å². The van der Waals surface area contributed by atoms with Crippen LogP contribution in [0.25, 0.3) is 0 Å². The summed E-state index contributed by atoms with van der Waals surface area (Å²) in [5, 5.41) is 3.04. The van der Waals surface area contributed by atoms with E-state index < -0.39 is 9.84 Å². The average Bonchev–Trinajstić information content (AvgIpc) is 2.94. The zero-order valence-electron chi connectivity index (χ0n) is 12.6. The highest BCUT2D eigenvalue weighted by atomic mass is 32.2. The van der Waals surface area contributed by atoms with E-state index in [0.29, 0.717) is 0 Å². The Morgan fingerprint density at radius 2 is 1.85 bits per heavy atom. The lowest BCUT2D eigenvalue weighted by Gasteiger charge is -2.20. The van der Waals surface area contributed by atoms with Gasteiger partial charge in [-0.05, 0) is 50.4 Å². The van der Waals surface area contributed by atoms with Gasteiger partial charge in [-0.3, -0.25) is 0 Å². The van der Waals surface area contributed by atoms with Crippen LogP contribution in [0.3, 0.4) is 0 Å². The van der Waals surface area contributed by atoms with Crippen LogP contribution in [0.15, 0.2) is 18.2 Å². The Morgan fingerprint density at radius 1 is 1.20 bits per heavy atom. The minimum atomic E-state index is -3.00. The second-order valence-corrected chi connectivity index (χ2v) is 8.25. The van der Waals surface area contributed by atoms with Crippen LogP contribution in [-0.4, -0.2) is 26.5 Å². The predicted molar refractivity (Wildman–Crippen MR) is 83.8 cm³/mol. The van der Waals surface area contributed by atoms with Crippen LogP contribution in [0.4, 0.5) is 0 Å². The van der Waals surface area contributed by atoms with Crippen LogP contribution < -0.4 is 5.32 Å². The Morgan fingerprint density at radius 3 is 2.40 bits per heavy atom. The molecule has 4 heteroatoms. The third kappa shape index (κ3) is 3.41. The molecule has 1 atom stereocenters. The van der Waals surface area contributed by atoms with Crippen LogP contribution in [-0.2, 0) is 9.84 Å². The van der Waals surface area contributed by atoms with Gasteiger partial charge in [0.05, 0.1) is 11.0 Å². The second kappa shape index (κ2) is 6.27. The lowest BCUT2D eigenvalue weighted by atomic mass is 10.0. The van der Waals surface area contributed by atoms with Crippen molar-refractivity contribution in [1.82, 2.24) is 5.32 Å². The summed E-state index contributed by atoms with van der Waals surface area (Å²) >= 11 is 0. The summed E-state index contributed by atoms with van der Waals surface area (Å²) in [5.41, 5.74) is 3.51. The Balaban J connectivity index is 2.17. The molecule has 1 N–H and O–H groups in total. The summed E-state index contributed by atoms with van der Waals surface area (Å²) in [4.78, 5) is 0. The van der Waals surface area contributed by atoms with E-state index in [1.807, 2.05) is 13.1 Å². The molecule has 112 valence electrons. The molecule has 0 radical (unpaired) electrons.